The second kappa shape index (κ2) is 12.0. The van der Waals surface area contributed by atoms with Crippen molar-refractivity contribution in [2.24, 2.45) is 0 Å². The standard InChI is InChI=1S/C28H30BrN3O3/c1-30-16-6-11-26(27(33)31-20-14-12-19(17-29)13-15-20)32-28(34)35-18-25-23-9-4-2-7-21(23)22-8-3-5-10-24(22)25/h2-5,7-10,12-15,25-26,30H,6,11,16-18H2,1H3,(H,31,33)(H,32,34)/t26-/m0/s1. The Kier molecular flexibility index (Phi) is 8.55. The lowest BCUT2D eigenvalue weighted by Crippen LogP contribution is -2.44. The number of halogens is 1. The molecule has 0 unspecified atom stereocenters. The van der Waals surface area contributed by atoms with Crippen LogP contribution in [0.1, 0.15) is 35.4 Å². The third kappa shape index (κ3) is 6.10. The largest absolute Gasteiger partial charge is 0.449 e. The molecule has 0 spiro atoms. The van der Waals surface area contributed by atoms with Gasteiger partial charge >= 0.3 is 6.09 Å². The van der Waals surface area contributed by atoms with E-state index in [2.05, 4.69) is 56.1 Å². The number of hydrogen-bond acceptors (Lipinski definition) is 4. The van der Waals surface area contributed by atoms with Crippen molar-refractivity contribution in [2.75, 3.05) is 25.5 Å². The van der Waals surface area contributed by atoms with Crippen LogP contribution in [-0.2, 0) is 14.9 Å². The first kappa shape index (κ1) is 24.9. The van der Waals surface area contributed by atoms with Gasteiger partial charge < -0.3 is 20.7 Å². The molecule has 7 heteroatoms. The summed E-state index contributed by atoms with van der Waals surface area (Å²) >= 11 is 3.42. The number of benzene rings is 3. The number of alkyl halides is 1. The molecule has 1 aliphatic rings. The second-order valence-electron chi connectivity index (χ2n) is 8.59. The number of ether oxygens (including phenoxy) is 1. The lowest BCUT2D eigenvalue weighted by molar-refractivity contribution is -0.118. The highest BCUT2D eigenvalue weighted by Gasteiger charge is 2.29. The average molecular weight is 536 g/mol. The van der Waals surface area contributed by atoms with Crippen molar-refractivity contribution in [2.45, 2.75) is 30.1 Å². The van der Waals surface area contributed by atoms with Gasteiger partial charge in [-0.25, -0.2) is 4.79 Å². The fraction of sp³-hybridized carbons (Fsp3) is 0.286. The van der Waals surface area contributed by atoms with Crippen LogP contribution in [0, 0.1) is 0 Å². The van der Waals surface area contributed by atoms with Gasteiger partial charge in [-0.15, -0.1) is 0 Å². The summed E-state index contributed by atoms with van der Waals surface area (Å²) in [4.78, 5) is 25.7. The van der Waals surface area contributed by atoms with Crippen LogP contribution in [0.15, 0.2) is 72.8 Å². The number of carbonyl (C=O) groups excluding carboxylic acids is 2. The summed E-state index contributed by atoms with van der Waals surface area (Å²) in [5.41, 5.74) is 6.45. The molecule has 3 aromatic carbocycles. The molecule has 0 heterocycles. The smallest absolute Gasteiger partial charge is 0.407 e. The summed E-state index contributed by atoms with van der Waals surface area (Å²) in [7, 11) is 1.86. The summed E-state index contributed by atoms with van der Waals surface area (Å²) in [5.74, 6) is -0.293. The van der Waals surface area contributed by atoms with E-state index < -0.39 is 12.1 Å². The molecule has 0 aromatic heterocycles. The zero-order valence-electron chi connectivity index (χ0n) is 19.7. The van der Waals surface area contributed by atoms with Crippen molar-refractivity contribution in [1.29, 1.82) is 0 Å². The Hall–Kier alpha value is -3.16. The van der Waals surface area contributed by atoms with Gasteiger partial charge in [-0.3, -0.25) is 4.79 Å². The van der Waals surface area contributed by atoms with Crippen molar-refractivity contribution in [3.63, 3.8) is 0 Å². The Labute approximate surface area is 214 Å². The molecule has 0 aliphatic heterocycles. The van der Waals surface area contributed by atoms with Crippen molar-refractivity contribution in [1.82, 2.24) is 10.6 Å². The highest BCUT2D eigenvalue weighted by Crippen LogP contribution is 2.44. The normalized spacial score (nSPS) is 13.0. The molecule has 1 aliphatic carbocycles. The molecule has 0 saturated heterocycles. The molecular weight excluding hydrogens is 506 g/mol. The van der Waals surface area contributed by atoms with E-state index in [0.717, 1.165) is 35.0 Å². The number of hydrogen-bond donors (Lipinski definition) is 3. The number of rotatable bonds is 10. The third-order valence-electron chi connectivity index (χ3n) is 6.25. The fourth-order valence-corrected chi connectivity index (χ4v) is 4.81. The monoisotopic (exact) mass is 535 g/mol. The summed E-state index contributed by atoms with van der Waals surface area (Å²) < 4.78 is 5.66. The topological polar surface area (TPSA) is 79.5 Å². The molecule has 0 radical (unpaired) electrons. The minimum Gasteiger partial charge on any atom is -0.449 e. The van der Waals surface area contributed by atoms with Gasteiger partial charge in [-0.1, -0.05) is 76.6 Å². The van der Waals surface area contributed by atoms with E-state index in [1.54, 1.807) is 0 Å². The summed E-state index contributed by atoms with van der Waals surface area (Å²) in [6.07, 6.45) is 0.642. The van der Waals surface area contributed by atoms with Crippen LogP contribution in [0.25, 0.3) is 11.1 Å². The average Bonchev–Trinajstić information content (AvgIpc) is 3.21. The quantitative estimate of drug-likeness (QED) is 0.239. The number of nitrogens with one attached hydrogen (secondary N) is 3. The van der Waals surface area contributed by atoms with Crippen LogP contribution in [-0.4, -0.2) is 38.2 Å². The summed E-state index contributed by atoms with van der Waals surface area (Å²) in [6.45, 7) is 0.953. The Morgan fingerprint density at radius 1 is 0.943 bits per heavy atom. The Bertz CT molecular complexity index is 1120. The van der Waals surface area contributed by atoms with E-state index in [1.165, 1.54) is 11.1 Å². The first-order valence-corrected chi connectivity index (χ1v) is 12.9. The molecule has 0 saturated carbocycles. The van der Waals surface area contributed by atoms with Gasteiger partial charge in [0, 0.05) is 16.9 Å². The molecule has 3 N–H and O–H groups in total. The number of alkyl carbamates (subject to hydrolysis) is 1. The zero-order chi connectivity index (χ0) is 24.6. The van der Waals surface area contributed by atoms with Crippen LogP contribution in [0.5, 0.6) is 0 Å². The van der Waals surface area contributed by atoms with Gasteiger partial charge in [0.05, 0.1) is 0 Å². The van der Waals surface area contributed by atoms with Crippen LogP contribution in [0.4, 0.5) is 10.5 Å². The molecule has 0 bridgehead atoms. The first-order valence-electron chi connectivity index (χ1n) is 11.8. The van der Waals surface area contributed by atoms with Crippen LogP contribution < -0.4 is 16.0 Å². The Morgan fingerprint density at radius 3 is 2.17 bits per heavy atom. The van der Waals surface area contributed by atoms with Gasteiger partial charge in [0.1, 0.15) is 12.6 Å². The van der Waals surface area contributed by atoms with Gasteiger partial charge in [-0.2, -0.15) is 0 Å². The van der Waals surface area contributed by atoms with Crippen molar-refractivity contribution in [3.8, 4) is 11.1 Å². The maximum absolute atomic E-state index is 13.0. The second-order valence-corrected chi connectivity index (χ2v) is 9.15. The maximum Gasteiger partial charge on any atom is 0.407 e. The summed E-state index contributed by atoms with van der Waals surface area (Å²) in [5, 5.41) is 9.51. The van der Waals surface area contributed by atoms with E-state index in [4.69, 9.17) is 4.74 Å². The fourth-order valence-electron chi connectivity index (χ4n) is 4.44. The van der Waals surface area contributed by atoms with E-state index in [1.807, 2.05) is 55.6 Å². The van der Waals surface area contributed by atoms with Gasteiger partial charge in [0.2, 0.25) is 5.91 Å². The first-order chi connectivity index (χ1) is 17.1. The van der Waals surface area contributed by atoms with Crippen molar-refractivity contribution >= 4 is 33.6 Å². The minimum absolute atomic E-state index is 0.0299. The van der Waals surface area contributed by atoms with E-state index in [9.17, 15) is 9.59 Å². The zero-order valence-corrected chi connectivity index (χ0v) is 21.3. The number of anilines is 1. The minimum atomic E-state index is -0.699. The number of fused-ring (bicyclic) bond motifs is 3. The van der Waals surface area contributed by atoms with E-state index >= 15 is 0 Å². The third-order valence-corrected chi connectivity index (χ3v) is 6.90. The lowest BCUT2D eigenvalue weighted by Gasteiger charge is -2.20. The predicted molar refractivity (Wildman–Crippen MR) is 143 cm³/mol. The van der Waals surface area contributed by atoms with Gasteiger partial charge in [-0.05, 0) is 66.4 Å². The molecular formula is C28H30BrN3O3. The van der Waals surface area contributed by atoms with E-state index in [0.29, 0.717) is 12.1 Å². The van der Waals surface area contributed by atoms with Crippen LogP contribution >= 0.6 is 15.9 Å². The molecule has 2 amide bonds. The molecule has 4 rings (SSSR count). The number of amides is 2. The molecule has 182 valence electrons. The highest BCUT2D eigenvalue weighted by atomic mass is 79.9. The maximum atomic E-state index is 13.0. The highest BCUT2D eigenvalue weighted by molar-refractivity contribution is 9.08. The Morgan fingerprint density at radius 2 is 1.57 bits per heavy atom. The van der Waals surface area contributed by atoms with Gasteiger partial charge in [0.25, 0.3) is 0 Å². The summed E-state index contributed by atoms with van der Waals surface area (Å²) in [6, 6.07) is 23.3. The SMILES string of the molecule is CNCCC[C@H](NC(=O)OCC1c2ccccc2-c2ccccc21)C(=O)Nc1ccc(CBr)cc1. The molecule has 1 atom stereocenters. The molecule has 3 aromatic rings. The van der Waals surface area contributed by atoms with Crippen LogP contribution in [0.2, 0.25) is 0 Å². The molecule has 0 fully saturated rings. The van der Waals surface area contributed by atoms with Crippen molar-refractivity contribution in [3.05, 3.63) is 89.5 Å². The predicted octanol–water partition coefficient (Wildman–Crippen LogP) is 5.43. The van der Waals surface area contributed by atoms with Crippen molar-refractivity contribution < 1.29 is 14.3 Å². The number of carbonyl (C=O) groups is 2. The van der Waals surface area contributed by atoms with E-state index in [-0.39, 0.29) is 18.4 Å². The van der Waals surface area contributed by atoms with Gasteiger partial charge in [0.15, 0.2) is 0 Å². The Balaban J connectivity index is 1.40. The van der Waals surface area contributed by atoms with Crippen LogP contribution in [0.3, 0.4) is 0 Å². The molecule has 35 heavy (non-hydrogen) atoms. The lowest BCUT2D eigenvalue weighted by atomic mass is 9.98. The molecule has 6 nitrogen and oxygen atoms in total.